The summed E-state index contributed by atoms with van der Waals surface area (Å²) in [5, 5.41) is 10.7. The summed E-state index contributed by atoms with van der Waals surface area (Å²) in [6.45, 7) is 0. The number of nitrogens with one attached hydrogen (secondary N) is 1. The topological polar surface area (TPSA) is 48.9 Å². The van der Waals surface area contributed by atoms with E-state index in [1.807, 2.05) is 24.3 Å². The number of hydrogen-bond donors (Lipinski definition) is 2. The van der Waals surface area contributed by atoms with Crippen molar-refractivity contribution in [3.8, 4) is 0 Å². The van der Waals surface area contributed by atoms with Crippen LogP contribution in [0.1, 0.15) is 11.4 Å². The first-order chi connectivity index (χ1) is 9.22. The molecule has 0 atom stereocenters. The van der Waals surface area contributed by atoms with Crippen molar-refractivity contribution >= 4 is 34.5 Å². The quantitative estimate of drug-likeness (QED) is 0.683. The molecule has 3 aromatic rings. The molecule has 0 fully saturated rings. The lowest BCUT2D eigenvalue weighted by Crippen LogP contribution is -1.84. The molecule has 4 heteroatoms. The Labute approximate surface area is 115 Å². The van der Waals surface area contributed by atoms with Crippen LogP contribution in [0.2, 0.25) is 5.02 Å². The molecule has 0 aliphatic heterocycles. The number of rotatable bonds is 2. The number of nitrogens with zero attached hydrogens (tertiary/aromatic N) is 1. The van der Waals surface area contributed by atoms with Gasteiger partial charge in [0.05, 0.1) is 11.0 Å². The number of benzene rings is 2. The van der Waals surface area contributed by atoms with Crippen molar-refractivity contribution in [2.24, 2.45) is 0 Å². The number of hydrogen-bond acceptors (Lipinski definition) is 2. The summed E-state index contributed by atoms with van der Waals surface area (Å²) in [6.07, 6.45) is 1.59. The van der Waals surface area contributed by atoms with E-state index < -0.39 is 0 Å². The Balaban J connectivity index is 2.00. The fourth-order valence-corrected chi connectivity index (χ4v) is 2.09. The van der Waals surface area contributed by atoms with Gasteiger partial charge in [-0.3, -0.25) is 0 Å². The third kappa shape index (κ3) is 2.46. The van der Waals surface area contributed by atoms with Gasteiger partial charge in [0.1, 0.15) is 11.6 Å². The minimum Gasteiger partial charge on any atom is -0.507 e. The molecule has 0 unspecified atom stereocenters. The molecule has 94 valence electrons. The fraction of sp³-hybridized carbons (Fsp3) is 0. The molecule has 19 heavy (non-hydrogen) atoms. The Hall–Kier alpha value is -2.26. The molecule has 0 spiro atoms. The van der Waals surface area contributed by atoms with E-state index in [0.717, 1.165) is 11.0 Å². The zero-order valence-electron chi connectivity index (χ0n) is 9.97. The minimum atomic E-state index is 0.126. The summed E-state index contributed by atoms with van der Waals surface area (Å²) in [7, 11) is 0. The average molecular weight is 271 g/mol. The predicted octanol–water partition coefficient (Wildman–Crippen LogP) is 4.27. The van der Waals surface area contributed by atoms with E-state index in [4.69, 9.17) is 11.6 Å². The van der Waals surface area contributed by atoms with Crippen LogP contribution in [0.25, 0.3) is 22.9 Å². The molecule has 2 aromatic carbocycles. The molecule has 0 saturated heterocycles. The van der Waals surface area contributed by atoms with Crippen LogP contribution in [0.3, 0.4) is 0 Å². The number of imidazole rings is 1. The molecule has 0 aliphatic carbocycles. The van der Waals surface area contributed by atoms with Crippen molar-refractivity contribution in [3.63, 3.8) is 0 Å². The van der Waals surface area contributed by atoms with E-state index in [0.29, 0.717) is 16.4 Å². The maximum absolute atomic E-state index is 10.1. The Kier molecular flexibility index (Phi) is 2.97. The lowest BCUT2D eigenvalue weighted by atomic mass is 10.2. The summed E-state index contributed by atoms with van der Waals surface area (Å²) in [4.78, 5) is 7.51. The van der Waals surface area contributed by atoms with Crippen LogP contribution >= 0.6 is 11.6 Å². The third-order valence-electron chi connectivity index (χ3n) is 2.80. The second kappa shape index (κ2) is 4.78. The Bertz CT molecular complexity index is 728. The van der Waals surface area contributed by atoms with Crippen molar-refractivity contribution < 1.29 is 5.11 Å². The van der Waals surface area contributed by atoms with Crippen LogP contribution in [0.15, 0.2) is 48.5 Å². The Morgan fingerprint density at radius 1 is 1.16 bits per heavy atom. The molecule has 0 amide bonds. The van der Waals surface area contributed by atoms with Crippen molar-refractivity contribution in [2.45, 2.75) is 0 Å². The molecule has 3 rings (SSSR count). The van der Waals surface area contributed by atoms with Gasteiger partial charge in [0.25, 0.3) is 0 Å². The van der Waals surface area contributed by atoms with Crippen LogP contribution in [0.4, 0.5) is 0 Å². The molecule has 3 nitrogen and oxygen atoms in total. The molecular weight excluding hydrogens is 260 g/mol. The average Bonchev–Trinajstić information content (AvgIpc) is 2.80. The van der Waals surface area contributed by atoms with Crippen LogP contribution in [0, 0.1) is 0 Å². The van der Waals surface area contributed by atoms with E-state index >= 15 is 0 Å². The van der Waals surface area contributed by atoms with E-state index in [2.05, 4.69) is 9.97 Å². The number of aliphatic hydroxyl groups is 1. The van der Waals surface area contributed by atoms with E-state index in [1.165, 1.54) is 0 Å². The maximum Gasteiger partial charge on any atom is 0.134 e. The number of para-hydroxylation sites is 2. The number of aliphatic hydroxyl groups excluding tert-OH is 1. The van der Waals surface area contributed by atoms with Gasteiger partial charge < -0.3 is 10.1 Å². The highest BCUT2D eigenvalue weighted by atomic mass is 35.5. The van der Waals surface area contributed by atoms with Crippen LogP contribution in [-0.4, -0.2) is 15.1 Å². The highest BCUT2D eigenvalue weighted by molar-refractivity contribution is 6.30. The van der Waals surface area contributed by atoms with Gasteiger partial charge in [-0.2, -0.15) is 0 Å². The van der Waals surface area contributed by atoms with E-state index in [1.54, 1.807) is 30.3 Å². The smallest absolute Gasteiger partial charge is 0.134 e. The van der Waals surface area contributed by atoms with Gasteiger partial charge in [-0.25, -0.2) is 4.98 Å². The standard InChI is InChI=1S/C15H11ClN2O/c16-11-5-3-4-10(8-11)14(19)9-15-17-12-6-1-2-7-13(12)18-15/h1-9,19H,(H,17,18)/b14-9-. The van der Waals surface area contributed by atoms with Crippen molar-refractivity contribution in [1.29, 1.82) is 0 Å². The molecule has 0 radical (unpaired) electrons. The number of halogens is 1. The highest BCUT2D eigenvalue weighted by Gasteiger charge is 2.03. The molecule has 0 bridgehead atoms. The lowest BCUT2D eigenvalue weighted by molar-refractivity contribution is 0.515. The van der Waals surface area contributed by atoms with Gasteiger partial charge in [-0.05, 0) is 24.3 Å². The minimum absolute atomic E-state index is 0.126. The fourth-order valence-electron chi connectivity index (χ4n) is 1.90. The number of aromatic amines is 1. The summed E-state index contributed by atoms with van der Waals surface area (Å²) < 4.78 is 0. The van der Waals surface area contributed by atoms with Gasteiger partial charge in [0.15, 0.2) is 0 Å². The predicted molar refractivity (Wildman–Crippen MR) is 78.0 cm³/mol. The Morgan fingerprint density at radius 3 is 2.79 bits per heavy atom. The maximum atomic E-state index is 10.1. The van der Waals surface area contributed by atoms with Crippen LogP contribution in [-0.2, 0) is 0 Å². The molecule has 1 heterocycles. The number of aromatic nitrogens is 2. The molecular formula is C15H11ClN2O. The number of H-pyrrole nitrogens is 1. The second-order valence-corrected chi connectivity index (χ2v) is 4.62. The SMILES string of the molecule is O/C(=C\c1nc2ccccc2[nH]1)c1cccc(Cl)c1. The Morgan fingerprint density at radius 2 is 2.00 bits per heavy atom. The van der Waals surface area contributed by atoms with Gasteiger partial charge in [-0.1, -0.05) is 35.9 Å². The normalized spacial score (nSPS) is 11.9. The molecule has 0 aliphatic rings. The summed E-state index contributed by atoms with van der Waals surface area (Å²) >= 11 is 5.89. The van der Waals surface area contributed by atoms with Crippen molar-refractivity contribution in [1.82, 2.24) is 9.97 Å². The van der Waals surface area contributed by atoms with E-state index in [9.17, 15) is 5.11 Å². The van der Waals surface area contributed by atoms with Crippen molar-refractivity contribution in [2.75, 3.05) is 0 Å². The zero-order chi connectivity index (χ0) is 13.2. The molecule has 2 N–H and O–H groups in total. The third-order valence-corrected chi connectivity index (χ3v) is 3.04. The monoisotopic (exact) mass is 270 g/mol. The summed E-state index contributed by atoms with van der Waals surface area (Å²) in [5.74, 6) is 0.736. The zero-order valence-corrected chi connectivity index (χ0v) is 10.7. The van der Waals surface area contributed by atoms with Crippen LogP contribution in [0.5, 0.6) is 0 Å². The lowest BCUT2D eigenvalue weighted by Gasteiger charge is -1.99. The van der Waals surface area contributed by atoms with Gasteiger partial charge >= 0.3 is 0 Å². The van der Waals surface area contributed by atoms with E-state index in [-0.39, 0.29) is 5.76 Å². The van der Waals surface area contributed by atoms with Crippen LogP contribution < -0.4 is 0 Å². The second-order valence-electron chi connectivity index (χ2n) is 4.18. The first-order valence-electron chi connectivity index (χ1n) is 5.84. The summed E-state index contributed by atoms with van der Waals surface area (Å²) in [5.41, 5.74) is 2.47. The molecule has 0 saturated carbocycles. The highest BCUT2D eigenvalue weighted by Crippen LogP contribution is 2.19. The van der Waals surface area contributed by atoms with Gasteiger partial charge in [0.2, 0.25) is 0 Å². The van der Waals surface area contributed by atoms with Gasteiger partial charge in [-0.15, -0.1) is 0 Å². The largest absolute Gasteiger partial charge is 0.507 e. The summed E-state index contributed by atoms with van der Waals surface area (Å²) in [6, 6.07) is 14.8. The van der Waals surface area contributed by atoms with Crippen molar-refractivity contribution in [3.05, 3.63) is 64.9 Å². The number of fused-ring (bicyclic) bond motifs is 1. The molecule has 1 aromatic heterocycles. The first kappa shape index (κ1) is 11.8. The van der Waals surface area contributed by atoms with Gasteiger partial charge in [0, 0.05) is 16.7 Å². The first-order valence-corrected chi connectivity index (χ1v) is 6.21.